The van der Waals surface area contributed by atoms with E-state index in [2.05, 4.69) is 5.32 Å². The Morgan fingerprint density at radius 1 is 1.16 bits per heavy atom. The first-order chi connectivity index (χ1) is 15.0. The van der Waals surface area contributed by atoms with Crippen molar-refractivity contribution in [3.05, 3.63) is 59.7 Å². The fourth-order valence-electron chi connectivity index (χ4n) is 3.29. The number of carboxylic acids is 1. The van der Waals surface area contributed by atoms with Crippen molar-refractivity contribution in [2.24, 2.45) is 7.05 Å². The molecule has 0 radical (unpaired) electrons. The molecule has 0 aliphatic rings. The average molecular weight is 446 g/mol. The van der Waals surface area contributed by atoms with E-state index in [1.807, 2.05) is 0 Å². The van der Waals surface area contributed by atoms with E-state index >= 15 is 0 Å². The Labute approximate surface area is 183 Å². The van der Waals surface area contributed by atoms with Crippen LogP contribution in [0.1, 0.15) is 26.3 Å². The highest BCUT2D eigenvalue weighted by atomic mass is 19.1. The second-order valence-electron chi connectivity index (χ2n) is 8.28. The Hall–Kier alpha value is -3.62. The van der Waals surface area contributed by atoms with Crippen LogP contribution in [0.5, 0.6) is 11.6 Å². The van der Waals surface area contributed by atoms with Crippen LogP contribution in [0, 0.1) is 11.6 Å². The lowest BCUT2D eigenvalue weighted by atomic mass is 10.0. The molecule has 1 aromatic heterocycles. The molecule has 0 aliphatic carbocycles. The number of benzene rings is 2. The van der Waals surface area contributed by atoms with Gasteiger partial charge in [0.05, 0.1) is 5.52 Å². The standard InChI is InChI=1S/C23H24F2N2O5/c1-23(2,3)32-22(30)26-17(21(28)29)12-15-14-7-5-6-8-18(14)27(4)20(15)31-19-10-9-13(24)11-16(19)25/h5-11,17H,12H2,1-4H3,(H,26,30)(H,28,29). The fraction of sp³-hybridized carbons (Fsp3) is 0.304. The average Bonchev–Trinajstić information content (AvgIpc) is 2.94. The number of rotatable bonds is 6. The van der Waals surface area contributed by atoms with Gasteiger partial charge in [-0.3, -0.25) is 0 Å². The lowest BCUT2D eigenvalue weighted by molar-refractivity contribution is -0.139. The highest BCUT2D eigenvalue weighted by molar-refractivity contribution is 5.88. The van der Waals surface area contributed by atoms with Crippen molar-refractivity contribution in [1.29, 1.82) is 0 Å². The summed E-state index contributed by atoms with van der Waals surface area (Å²) in [5, 5.41) is 12.7. The maximum absolute atomic E-state index is 14.2. The number of alkyl carbamates (subject to hydrolysis) is 1. The van der Waals surface area contributed by atoms with Gasteiger partial charge in [0.1, 0.15) is 17.5 Å². The van der Waals surface area contributed by atoms with Crippen molar-refractivity contribution >= 4 is 23.0 Å². The zero-order chi connectivity index (χ0) is 23.6. The minimum absolute atomic E-state index is 0.159. The zero-order valence-electron chi connectivity index (χ0n) is 18.1. The van der Waals surface area contributed by atoms with Gasteiger partial charge in [0.15, 0.2) is 11.6 Å². The van der Waals surface area contributed by atoms with Crippen molar-refractivity contribution in [3.8, 4) is 11.6 Å². The molecule has 0 saturated heterocycles. The number of nitrogens with zero attached hydrogens (tertiary/aromatic N) is 1. The molecule has 2 N–H and O–H groups in total. The molecule has 1 heterocycles. The van der Waals surface area contributed by atoms with Crippen LogP contribution in [0.25, 0.3) is 10.9 Å². The maximum atomic E-state index is 14.2. The van der Waals surface area contributed by atoms with Crippen molar-refractivity contribution < 1.29 is 33.0 Å². The van der Waals surface area contributed by atoms with Gasteiger partial charge >= 0.3 is 12.1 Å². The van der Waals surface area contributed by atoms with E-state index in [1.54, 1.807) is 56.7 Å². The number of para-hydroxylation sites is 1. The Kier molecular flexibility index (Phi) is 6.38. The van der Waals surface area contributed by atoms with E-state index < -0.39 is 35.3 Å². The van der Waals surface area contributed by atoms with E-state index in [-0.39, 0.29) is 18.1 Å². The monoisotopic (exact) mass is 446 g/mol. The van der Waals surface area contributed by atoms with Gasteiger partial charge in [0.25, 0.3) is 0 Å². The summed E-state index contributed by atoms with van der Waals surface area (Å²) in [5.41, 5.74) is 0.345. The number of amides is 1. The van der Waals surface area contributed by atoms with Crippen LogP contribution in [0.15, 0.2) is 42.5 Å². The van der Waals surface area contributed by atoms with Gasteiger partial charge in [-0.25, -0.2) is 18.4 Å². The number of ether oxygens (including phenoxy) is 2. The van der Waals surface area contributed by atoms with Crippen molar-refractivity contribution in [2.75, 3.05) is 0 Å². The Morgan fingerprint density at radius 2 is 1.84 bits per heavy atom. The molecule has 0 bridgehead atoms. The van der Waals surface area contributed by atoms with Crippen molar-refractivity contribution in [3.63, 3.8) is 0 Å². The summed E-state index contributed by atoms with van der Waals surface area (Å²) in [6.45, 7) is 4.99. The first-order valence-electron chi connectivity index (χ1n) is 9.88. The number of halogens is 2. The number of hydrogen-bond donors (Lipinski definition) is 2. The zero-order valence-corrected chi connectivity index (χ0v) is 18.1. The van der Waals surface area contributed by atoms with Crippen LogP contribution in [0.2, 0.25) is 0 Å². The van der Waals surface area contributed by atoms with Crippen LogP contribution in [-0.2, 0) is 23.0 Å². The van der Waals surface area contributed by atoms with E-state index in [4.69, 9.17) is 9.47 Å². The van der Waals surface area contributed by atoms with E-state index in [0.29, 0.717) is 22.5 Å². The maximum Gasteiger partial charge on any atom is 0.408 e. The summed E-state index contributed by atoms with van der Waals surface area (Å²) in [7, 11) is 1.68. The summed E-state index contributed by atoms with van der Waals surface area (Å²) in [6, 6.07) is 8.70. The minimum Gasteiger partial charge on any atom is -0.480 e. The van der Waals surface area contributed by atoms with Crippen molar-refractivity contribution in [1.82, 2.24) is 9.88 Å². The number of aromatic nitrogens is 1. The number of aryl methyl sites for hydroxylation is 1. The lowest BCUT2D eigenvalue weighted by Crippen LogP contribution is -2.44. The molecule has 7 nitrogen and oxygen atoms in total. The highest BCUT2D eigenvalue weighted by Crippen LogP contribution is 2.36. The molecule has 0 fully saturated rings. The normalized spacial score (nSPS) is 12.4. The number of carbonyl (C=O) groups is 2. The van der Waals surface area contributed by atoms with Gasteiger partial charge in [-0.15, -0.1) is 0 Å². The van der Waals surface area contributed by atoms with Crippen LogP contribution in [0.4, 0.5) is 13.6 Å². The third-order valence-electron chi connectivity index (χ3n) is 4.65. The Balaban J connectivity index is 2.01. The van der Waals surface area contributed by atoms with Gasteiger partial charge in [-0.1, -0.05) is 18.2 Å². The van der Waals surface area contributed by atoms with E-state index in [9.17, 15) is 23.5 Å². The molecule has 3 rings (SSSR count). The molecule has 0 saturated carbocycles. The topological polar surface area (TPSA) is 89.8 Å². The molecule has 1 unspecified atom stereocenters. The lowest BCUT2D eigenvalue weighted by Gasteiger charge is -2.22. The second-order valence-corrected chi connectivity index (χ2v) is 8.28. The smallest absolute Gasteiger partial charge is 0.408 e. The third kappa shape index (κ3) is 5.16. The summed E-state index contributed by atoms with van der Waals surface area (Å²) >= 11 is 0. The van der Waals surface area contributed by atoms with Gasteiger partial charge in [0, 0.05) is 30.5 Å². The quantitative estimate of drug-likeness (QED) is 0.569. The van der Waals surface area contributed by atoms with Gasteiger partial charge in [-0.2, -0.15) is 0 Å². The number of aliphatic carboxylic acids is 1. The van der Waals surface area contributed by atoms with Crippen LogP contribution in [0.3, 0.4) is 0 Å². The number of nitrogens with one attached hydrogen (secondary N) is 1. The molecule has 3 aromatic rings. The number of hydrogen-bond acceptors (Lipinski definition) is 4. The Morgan fingerprint density at radius 3 is 2.47 bits per heavy atom. The van der Waals surface area contributed by atoms with Crippen LogP contribution in [-0.4, -0.2) is 33.4 Å². The largest absolute Gasteiger partial charge is 0.480 e. The predicted molar refractivity (Wildman–Crippen MR) is 114 cm³/mol. The first-order valence-corrected chi connectivity index (χ1v) is 9.88. The predicted octanol–water partition coefficient (Wildman–Crippen LogP) is 4.77. The van der Waals surface area contributed by atoms with Crippen LogP contribution < -0.4 is 10.1 Å². The number of fused-ring (bicyclic) bond motifs is 1. The third-order valence-corrected chi connectivity index (χ3v) is 4.65. The van der Waals surface area contributed by atoms with Crippen molar-refractivity contribution in [2.45, 2.75) is 38.8 Å². The summed E-state index contributed by atoms with van der Waals surface area (Å²) < 4.78 is 40.1. The van der Waals surface area contributed by atoms with Gasteiger partial charge in [-0.05, 0) is 39.0 Å². The molecule has 9 heteroatoms. The highest BCUT2D eigenvalue weighted by Gasteiger charge is 2.28. The summed E-state index contributed by atoms with van der Waals surface area (Å²) in [5.74, 6) is -2.97. The molecule has 170 valence electrons. The molecule has 32 heavy (non-hydrogen) atoms. The molecular formula is C23H24F2N2O5. The van der Waals surface area contributed by atoms with Crippen LogP contribution >= 0.6 is 0 Å². The van der Waals surface area contributed by atoms with E-state index in [1.165, 1.54) is 0 Å². The molecule has 0 aliphatic heterocycles. The molecule has 1 amide bonds. The molecular weight excluding hydrogens is 422 g/mol. The minimum atomic E-state index is -1.34. The molecule has 2 aromatic carbocycles. The molecule has 0 spiro atoms. The number of carbonyl (C=O) groups excluding carboxylic acids is 1. The molecule has 1 atom stereocenters. The number of carboxylic acid groups (broad SMARTS) is 1. The van der Waals surface area contributed by atoms with Gasteiger partial charge < -0.3 is 24.5 Å². The van der Waals surface area contributed by atoms with E-state index in [0.717, 1.165) is 12.1 Å². The first kappa shape index (κ1) is 23.1. The second kappa shape index (κ2) is 8.86. The SMILES string of the molecule is Cn1c(Oc2ccc(F)cc2F)c(CC(NC(=O)OC(C)(C)C)C(=O)O)c2ccccc21. The summed E-state index contributed by atoms with van der Waals surface area (Å²) in [6.07, 6.45) is -1.04. The fourth-order valence-corrected chi connectivity index (χ4v) is 3.29. The summed E-state index contributed by atoms with van der Waals surface area (Å²) in [4.78, 5) is 24.1. The Bertz CT molecular complexity index is 1170. The van der Waals surface area contributed by atoms with Gasteiger partial charge in [0.2, 0.25) is 5.88 Å².